The van der Waals surface area contributed by atoms with Crippen LogP contribution in [0.15, 0.2) is 46.9 Å². The molecule has 0 bridgehead atoms. The van der Waals surface area contributed by atoms with Gasteiger partial charge in [0.1, 0.15) is 11.6 Å². The van der Waals surface area contributed by atoms with Crippen molar-refractivity contribution in [1.82, 2.24) is 0 Å². The summed E-state index contributed by atoms with van der Waals surface area (Å²) in [6.07, 6.45) is 2.33. The summed E-state index contributed by atoms with van der Waals surface area (Å²) in [4.78, 5) is 10.6. The molecule has 1 N–H and O–H groups in total. The van der Waals surface area contributed by atoms with E-state index in [1.807, 2.05) is 0 Å². The van der Waals surface area contributed by atoms with Crippen LogP contribution in [0.2, 0.25) is 5.02 Å². The third-order valence-electron chi connectivity index (χ3n) is 2.51. The van der Waals surface area contributed by atoms with Crippen molar-refractivity contribution in [3.8, 4) is 11.5 Å². The number of aliphatic carboxylic acids is 1. The lowest BCUT2D eigenvalue weighted by atomic mass is 10.2. The largest absolute Gasteiger partial charge is 0.478 e. The maximum absolute atomic E-state index is 13.3. The quantitative estimate of drug-likeness (QED) is 0.758. The van der Waals surface area contributed by atoms with Crippen LogP contribution in [0, 0.1) is 5.82 Å². The molecule has 2 aromatic rings. The summed E-state index contributed by atoms with van der Waals surface area (Å²) in [5.74, 6) is -1.05. The minimum Gasteiger partial charge on any atom is -0.478 e. The zero-order valence-electron chi connectivity index (χ0n) is 10.5. The Kier molecular flexibility index (Phi) is 4.98. The predicted octanol–water partition coefficient (Wildman–Crippen LogP) is 5.13. The standard InChI is InChI=1S/C15H9BrClFO3/c16-11-6-5-10(18)8-13(11)21-15-9(4-7-14(19)20)2-1-3-12(15)17/h1-8H,(H,19,20)/b7-4+. The fourth-order valence-electron chi connectivity index (χ4n) is 1.59. The molecule has 2 aromatic carbocycles. The van der Waals surface area contributed by atoms with Gasteiger partial charge in [-0.2, -0.15) is 0 Å². The number of ether oxygens (including phenoxy) is 1. The van der Waals surface area contributed by atoms with Gasteiger partial charge in [0.25, 0.3) is 0 Å². The van der Waals surface area contributed by atoms with Crippen LogP contribution in [-0.2, 0) is 4.79 Å². The number of hydrogen-bond donors (Lipinski definition) is 1. The molecule has 21 heavy (non-hydrogen) atoms. The van der Waals surface area contributed by atoms with Crippen LogP contribution < -0.4 is 4.74 Å². The van der Waals surface area contributed by atoms with Gasteiger partial charge >= 0.3 is 5.97 Å². The van der Waals surface area contributed by atoms with E-state index in [2.05, 4.69) is 15.9 Å². The summed E-state index contributed by atoms with van der Waals surface area (Å²) in [7, 11) is 0. The highest BCUT2D eigenvalue weighted by molar-refractivity contribution is 9.10. The van der Waals surface area contributed by atoms with Gasteiger partial charge in [-0.05, 0) is 40.2 Å². The summed E-state index contributed by atoms with van der Waals surface area (Å²) in [6, 6.07) is 8.91. The van der Waals surface area contributed by atoms with E-state index >= 15 is 0 Å². The maximum atomic E-state index is 13.3. The van der Waals surface area contributed by atoms with E-state index in [-0.39, 0.29) is 11.5 Å². The Morgan fingerprint density at radius 1 is 1.33 bits per heavy atom. The lowest BCUT2D eigenvalue weighted by molar-refractivity contribution is -0.131. The fraction of sp³-hybridized carbons (Fsp3) is 0. The average Bonchev–Trinajstić information content (AvgIpc) is 2.43. The molecule has 0 saturated carbocycles. The molecule has 0 aromatic heterocycles. The molecule has 3 nitrogen and oxygen atoms in total. The molecule has 0 amide bonds. The van der Waals surface area contributed by atoms with E-state index in [0.29, 0.717) is 15.1 Å². The van der Waals surface area contributed by atoms with Crippen LogP contribution in [0.1, 0.15) is 5.56 Å². The van der Waals surface area contributed by atoms with Crippen LogP contribution in [0.5, 0.6) is 11.5 Å². The molecule has 2 rings (SSSR count). The molecule has 0 aliphatic rings. The number of carboxylic acid groups (broad SMARTS) is 1. The van der Waals surface area contributed by atoms with Crippen molar-refractivity contribution >= 4 is 39.6 Å². The first kappa shape index (κ1) is 15.5. The monoisotopic (exact) mass is 370 g/mol. The zero-order chi connectivity index (χ0) is 15.4. The van der Waals surface area contributed by atoms with Crippen molar-refractivity contribution in [2.24, 2.45) is 0 Å². The second-order valence-electron chi connectivity index (χ2n) is 4.01. The molecular formula is C15H9BrClFO3. The van der Waals surface area contributed by atoms with E-state index in [9.17, 15) is 9.18 Å². The Labute approximate surface area is 133 Å². The van der Waals surface area contributed by atoms with Crippen LogP contribution >= 0.6 is 27.5 Å². The molecule has 0 saturated heterocycles. The number of carbonyl (C=O) groups is 1. The Morgan fingerprint density at radius 3 is 2.81 bits per heavy atom. The number of benzene rings is 2. The number of carboxylic acids is 1. The van der Waals surface area contributed by atoms with Crippen LogP contribution in [0.3, 0.4) is 0 Å². The number of para-hydroxylation sites is 1. The summed E-state index contributed by atoms with van der Waals surface area (Å²) in [5, 5.41) is 8.98. The molecule has 0 aliphatic heterocycles. The summed E-state index contributed by atoms with van der Waals surface area (Å²) in [5.41, 5.74) is 0.473. The van der Waals surface area contributed by atoms with Gasteiger partial charge in [0, 0.05) is 17.7 Å². The fourth-order valence-corrected chi connectivity index (χ4v) is 2.14. The lowest BCUT2D eigenvalue weighted by Gasteiger charge is -2.12. The summed E-state index contributed by atoms with van der Waals surface area (Å²) >= 11 is 9.32. The molecule has 108 valence electrons. The van der Waals surface area contributed by atoms with Crippen LogP contribution in [0.4, 0.5) is 4.39 Å². The van der Waals surface area contributed by atoms with Crippen molar-refractivity contribution in [2.45, 2.75) is 0 Å². The first-order valence-corrected chi connectivity index (χ1v) is 6.97. The Bertz CT molecular complexity index is 716. The highest BCUT2D eigenvalue weighted by Crippen LogP contribution is 2.37. The van der Waals surface area contributed by atoms with Crippen LogP contribution in [-0.4, -0.2) is 11.1 Å². The van der Waals surface area contributed by atoms with E-state index in [4.69, 9.17) is 21.4 Å². The minimum atomic E-state index is -1.09. The summed E-state index contributed by atoms with van der Waals surface area (Å²) in [6.45, 7) is 0. The maximum Gasteiger partial charge on any atom is 0.328 e. The van der Waals surface area contributed by atoms with Gasteiger partial charge in [0.15, 0.2) is 5.75 Å². The van der Waals surface area contributed by atoms with Gasteiger partial charge in [-0.3, -0.25) is 0 Å². The van der Waals surface area contributed by atoms with Crippen LogP contribution in [0.25, 0.3) is 6.08 Å². The lowest BCUT2D eigenvalue weighted by Crippen LogP contribution is -1.92. The van der Waals surface area contributed by atoms with E-state index in [0.717, 1.165) is 6.08 Å². The topological polar surface area (TPSA) is 46.5 Å². The third kappa shape index (κ3) is 4.06. The smallest absolute Gasteiger partial charge is 0.328 e. The van der Waals surface area contributed by atoms with Gasteiger partial charge < -0.3 is 9.84 Å². The van der Waals surface area contributed by atoms with Crippen molar-refractivity contribution < 1.29 is 19.0 Å². The van der Waals surface area contributed by atoms with Gasteiger partial charge in [-0.1, -0.05) is 23.7 Å². The molecular weight excluding hydrogens is 363 g/mol. The molecule has 6 heteroatoms. The van der Waals surface area contributed by atoms with Gasteiger partial charge in [-0.25, -0.2) is 9.18 Å². The molecule has 0 fully saturated rings. The average molecular weight is 372 g/mol. The zero-order valence-corrected chi connectivity index (χ0v) is 12.9. The first-order chi connectivity index (χ1) is 9.97. The van der Waals surface area contributed by atoms with E-state index < -0.39 is 11.8 Å². The minimum absolute atomic E-state index is 0.244. The van der Waals surface area contributed by atoms with Gasteiger partial charge in [-0.15, -0.1) is 0 Å². The molecule has 0 spiro atoms. The number of hydrogen-bond acceptors (Lipinski definition) is 2. The Balaban J connectivity index is 2.43. The Hall–Kier alpha value is -1.85. The molecule has 0 aliphatic carbocycles. The van der Waals surface area contributed by atoms with Crippen molar-refractivity contribution in [2.75, 3.05) is 0 Å². The number of halogens is 3. The highest BCUT2D eigenvalue weighted by Gasteiger charge is 2.11. The van der Waals surface area contributed by atoms with E-state index in [1.165, 1.54) is 24.3 Å². The second kappa shape index (κ2) is 6.74. The SMILES string of the molecule is O=C(O)/C=C/c1cccc(Cl)c1Oc1cc(F)ccc1Br. The Morgan fingerprint density at radius 2 is 2.10 bits per heavy atom. The van der Waals surface area contributed by atoms with Crippen molar-refractivity contribution in [1.29, 1.82) is 0 Å². The van der Waals surface area contributed by atoms with Gasteiger partial charge in [0.05, 0.1) is 9.50 Å². The predicted molar refractivity (Wildman–Crippen MR) is 82.3 cm³/mol. The number of rotatable bonds is 4. The second-order valence-corrected chi connectivity index (χ2v) is 5.27. The molecule has 0 heterocycles. The first-order valence-electron chi connectivity index (χ1n) is 5.80. The molecule has 0 radical (unpaired) electrons. The van der Waals surface area contributed by atoms with E-state index in [1.54, 1.807) is 18.2 Å². The third-order valence-corrected chi connectivity index (χ3v) is 3.46. The molecule has 0 atom stereocenters. The van der Waals surface area contributed by atoms with Crippen molar-refractivity contribution in [3.63, 3.8) is 0 Å². The van der Waals surface area contributed by atoms with Crippen molar-refractivity contribution in [3.05, 3.63) is 63.4 Å². The summed E-state index contributed by atoms with van der Waals surface area (Å²) < 4.78 is 19.5. The van der Waals surface area contributed by atoms with Gasteiger partial charge in [0.2, 0.25) is 0 Å². The highest BCUT2D eigenvalue weighted by atomic mass is 79.9. The normalized spacial score (nSPS) is 10.8. The molecule has 0 unspecified atom stereocenters.